The van der Waals surface area contributed by atoms with Gasteiger partial charge >= 0.3 is 11.9 Å². The molecule has 0 saturated heterocycles. The summed E-state index contributed by atoms with van der Waals surface area (Å²) in [6.07, 6.45) is -0.166. The lowest BCUT2D eigenvalue weighted by molar-refractivity contribution is -0.166. The van der Waals surface area contributed by atoms with Gasteiger partial charge in [-0.15, -0.1) is 0 Å². The smallest absolute Gasteiger partial charge is 0.326 e. The van der Waals surface area contributed by atoms with Crippen molar-refractivity contribution in [1.82, 2.24) is 5.48 Å². The van der Waals surface area contributed by atoms with Crippen LogP contribution in [0.4, 0.5) is 0 Å². The molecule has 0 aliphatic heterocycles. The minimum atomic E-state index is -0.921. The maximum Gasteiger partial charge on any atom is 0.326 e. The van der Waals surface area contributed by atoms with Gasteiger partial charge in [0, 0.05) is 0 Å². The number of benzene rings is 1. The molecule has 0 aromatic heterocycles. The zero-order valence-electron chi connectivity index (χ0n) is 13.4. The van der Waals surface area contributed by atoms with Crippen molar-refractivity contribution < 1.29 is 23.9 Å². The summed E-state index contributed by atoms with van der Waals surface area (Å²) in [5, 5.41) is 0. The van der Waals surface area contributed by atoms with E-state index in [-0.39, 0.29) is 13.0 Å². The first-order chi connectivity index (χ1) is 10.3. The Kier molecular flexibility index (Phi) is 7.01. The lowest BCUT2D eigenvalue weighted by atomic mass is 10.1. The molecule has 0 aliphatic rings. The Labute approximate surface area is 130 Å². The third-order valence-corrected chi connectivity index (χ3v) is 2.60. The van der Waals surface area contributed by atoms with Crippen molar-refractivity contribution in [1.29, 1.82) is 0 Å². The van der Waals surface area contributed by atoms with Crippen LogP contribution >= 0.6 is 0 Å². The minimum Gasteiger partial charge on any atom is -0.469 e. The molecule has 0 aliphatic carbocycles. The molecule has 6 nitrogen and oxygen atoms in total. The molecule has 0 spiro atoms. The Morgan fingerprint density at radius 2 is 1.82 bits per heavy atom. The topological polar surface area (TPSA) is 73.9 Å². The highest BCUT2D eigenvalue weighted by atomic mass is 16.7. The van der Waals surface area contributed by atoms with E-state index in [1.54, 1.807) is 20.8 Å². The molecule has 0 heterocycles. The number of hydrogen-bond donors (Lipinski definition) is 1. The number of hydroxylamine groups is 1. The van der Waals surface area contributed by atoms with Gasteiger partial charge in [-0.1, -0.05) is 30.3 Å². The quantitative estimate of drug-likeness (QED) is 0.613. The second kappa shape index (κ2) is 8.51. The van der Waals surface area contributed by atoms with Crippen molar-refractivity contribution in [3.8, 4) is 0 Å². The molecule has 0 radical (unpaired) electrons. The van der Waals surface area contributed by atoms with Crippen molar-refractivity contribution in [2.24, 2.45) is 0 Å². The van der Waals surface area contributed by atoms with Gasteiger partial charge in [0.1, 0.15) is 11.6 Å². The SMILES string of the molecule is COC(=O)C[C@@H](NOCc1ccccc1)C(=O)OC(C)(C)C. The minimum absolute atomic E-state index is 0.166. The van der Waals surface area contributed by atoms with Gasteiger partial charge in [-0.3, -0.25) is 14.4 Å². The summed E-state index contributed by atoms with van der Waals surface area (Å²) in [4.78, 5) is 28.8. The number of carbonyl (C=O) groups excluding carboxylic acids is 2. The molecular formula is C16H23NO5. The molecule has 122 valence electrons. The van der Waals surface area contributed by atoms with E-state index >= 15 is 0 Å². The molecule has 22 heavy (non-hydrogen) atoms. The summed E-state index contributed by atoms with van der Waals surface area (Å²) in [5.41, 5.74) is 2.87. The summed E-state index contributed by atoms with van der Waals surface area (Å²) in [6, 6.07) is 8.54. The molecule has 6 heteroatoms. The fraction of sp³-hybridized carbons (Fsp3) is 0.500. The Balaban J connectivity index is 2.57. The van der Waals surface area contributed by atoms with Gasteiger partial charge in [-0.05, 0) is 26.3 Å². The Morgan fingerprint density at radius 1 is 1.18 bits per heavy atom. The van der Waals surface area contributed by atoms with Crippen LogP contribution < -0.4 is 5.48 Å². The van der Waals surface area contributed by atoms with Crippen LogP contribution in [0.25, 0.3) is 0 Å². The lowest BCUT2D eigenvalue weighted by Gasteiger charge is -2.23. The standard InChI is InChI=1S/C16H23NO5/c1-16(2,3)22-15(19)13(10-14(18)20-4)17-21-11-12-8-6-5-7-9-12/h5-9,13,17H,10-11H2,1-4H3/t13-/m1/s1. The normalized spacial score (nSPS) is 12.5. The zero-order valence-corrected chi connectivity index (χ0v) is 13.4. The largest absolute Gasteiger partial charge is 0.469 e. The van der Waals surface area contributed by atoms with Crippen molar-refractivity contribution >= 4 is 11.9 Å². The van der Waals surface area contributed by atoms with Crippen molar-refractivity contribution in [3.63, 3.8) is 0 Å². The molecule has 1 atom stereocenters. The van der Waals surface area contributed by atoms with E-state index < -0.39 is 23.6 Å². The summed E-state index contributed by atoms with van der Waals surface area (Å²) in [5.74, 6) is -1.09. The summed E-state index contributed by atoms with van der Waals surface area (Å²) in [6.45, 7) is 5.53. The molecule has 0 unspecified atom stereocenters. The van der Waals surface area contributed by atoms with E-state index in [4.69, 9.17) is 9.57 Å². The highest BCUT2D eigenvalue weighted by molar-refractivity contribution is 5.82. The van der Waals surface area contributed by atoms with E-state index in [1.807, 2.05) is 30.3 Å². The lowest BCUT2D eigenvalue weighted by Crippen LogP contribution is -2.42. The van der Waals surface area contributed by atoms with E-state index in [1.165, 1.54) is 7.11 Å². The van der Waals surface area contributed by atoms with Crippen LogP contribution in [0.5, 0.6) is 0 Å². The van der Waals surface area contributed by atoms with Crippen molar-refractivity contribution in [3.05, 3.63) is 35.9 Å². The second-order valence-corrected chi connectivity index (χ2v) is 5.76. The Bertz CT molecular complexity index is 481. The maximum absolute atomic E-state index is 12.1. The molecule has 0 bridgehead atoms. The van der Waals surface area contributed by atoms with E-state index in [2.05, 4.69) is 10.2 Å². The third kappa shape index (κ3) is 7.19. The van der Waals surface area contributed by atoms with Crippen molar-refractivity contribution in [2.75, 3.05) is 7.11 Å². The van der Waals surface area contributed by atoms with Crippen LogP contribution in [0, 0.1) is 0 Å². The third-order valence-electron chi connectivity index (χ3n) is 2.60. The predicted molar refractivity (Wildman–Crippen MR) is 80.6 cm³/mol. The number of carbonyl (C=O) groups is 2. The average molecular weight is 309 g/mol. The van der Waals surface area contributed by atoms with Gasteiger partial charge in [0.05, 0.1) is 20.1 Å². The molecular weight excluding hydrogens is 286 g/mol. The summed E-state index contributed by atoms with van der Waals surface area (Å²) in [7, 11) is 1.26. The van der Waals surface area contributed by atoms with Crippen LogP contribution in [0.1, 0.15) is 32.8 Å². The van der Waals surface area contributed by atoms with Gasteiger partial charge in [-0.25, -0.2) is 0 Å². The van der Waals surface area contributed by atoms with Crippen LogP contribution in [0.2, 0.25) is 0 Å². The maximum atomic E-state index is 12.1. The number of methoxy groups -OCH3 is 1. The zero-order chi connectivity index (χ0) is 16.6. The van der Waals surface area contributed by atoms with Gasteiger partial charge < -0.3 is 9.47 Å². The first kappa shape index (κ1) is 18.1. The number of nitrogens with one attached hydrogen (secondary N) is 1. The average Bonchev–Trinajstić information content (AvgIpc) is 2.45. The Morgan fingerprint density at radius 3 is 2.36 bits per heavy atom. The van der Waals surface area contributed by atoms with Crippen LogP contribution in [-0.4, -0.2) is 30.7 Å². The number of hydrogen-bond acceptors (Lipinski definition) is 6. The van der Waals surface area contributed by atoms with E-state index in [0.29, 0.717) is 0 Å². The van der Waals surface area contributed by atoms with Gasteiger partial charge in [0.25, 0.3) is 0 Å². The fourth-order valence-corrected chi connectivity index (χ4v) is 1.60. The summed E-state index contributed by atoms with van der Waals surface area (Å²) >= 11 is 0. The Hall–Kier alpha value is -1.92. The fourth-order valence-electron chi connectivity index (χ4n) is 1.60. The number of ether oxygens (including phenoxy) is 2. The molecule has 1 rings (SSSR count). The second-order valence-electron chi connectivity index (χ2n) is 5.76. The molecule has 0 saturated carbocycles. The van der Waals surface area contributed by atoms with Crippen LogP contribution in [0.15, 0.2) is 30.3 Å². The van der Waals surface area contributed by atoms with Gasteiger partial charge in [-0.2, -0.15) is 5.48 Å². The molecule has 1 N–H and O–H groups in total. The van der Waals surface area contributed by atoms with E-state index in [0.717, 1.165) is 5.56 Å². The highest BCUT2D eigenvalue weighted by Gasteiger charge is 2.28. The van der Waals surface area contributed by atoms with Crippen LogP contribution in [-0.2, 0) is 30.5 Å². The number of esters is 2. The van der Waals surface area contributed by atoms with Crippen molar-refractivity contribution in [2.45, 2.75) is 45.4 Å². The molecule has 1 aromatic rings. The monoisotopic (exact) mass is 309 g/mol. The molecule has 0 amide bonds. The first-order valence-corrected chi connectivity index (χ1v) is 7.03. The predicted octanol–water partition coefficient (Wildman–Crippen LogP) is 1.98. The van der Waals surface area contributed by atoms with Crippen LogP contribution in [0.3, 0.4) is 0 Å². The highest BCUT2D eigenvalue weighted by Crippen LogP contribution is 2.10. The number of rotatable bonds is 7. The first-order valence-electron chi connectivity index (χ1n) is 7.03. The molecule has 0 fully saturated rings. The molecule has 1 aromatic carbocycles. The van der Waals surface area contributed by atoms with E-state index in [9.17, 15) is 9.59 Å². The summed E-state index contributed by atoms with van der Waals surface area (Å²) < 4.78 is 9.84. The van der Waals surface area contributed by atoms with Gasteiger partial charge in [0.15, 0.2) is 0 Å². The van der Waals surface area contributed by atoms with Gasteiger partial charge in [0.2, 0.25) is 0 Å².